The Morgan fingerprint density at radius 3 is 1.80 bits per heavy atom. The smallest absolute Gasteiger partial charge is 0.0258 e. The molecule has 0 heterocycles. The molecule has 1 aliphatic rings. The molecule has 0 aromatic rings. The lowest BCUT2D eigenvalue weighted by atomic mass is 9.79. The van der Waals surface area contributed by atoms with E-state index in [0.717, 1.165) is 17.5 Å². The SMILES string of the molecule is C=C(C)NC1CCC(CC(CC)CC)CC1.CC.CC. The van der Waals surface area contributed by atoms with Gasteiger partial charge >= 0.3 is 0 Å². The zero-order valence-corrected chi connectivity index (χ0v) is 15.4. The fourth-order valence-electron chi connectivity index (χ4n) is 2.98. The fraction of sp³-hybridized carbons (Fsp3) is 0.895. The van der Waals surface area contributed by atoms with Gasteiger partial charge in [-0.15, -0.1) is 0 Å². The molecule has 1 N–H and O–H groups in total. The van der Waals surface area contributed by atoms with Crippen LogP contribution < -0.4 is 5.32 Å². The first-order valence-corrected chi connectivity index (χ1v) is 9.07. The lowest BCUT2D eigenvalue weighted by Gasteiger charge is -2.31. The van der Waals surface area contributed by atoms with Crippen LogP contribution in [0.25, 0.3) is 0 Å². The van der Waals surface area contributed by atoms with Gasteiger partial charge in [-0.3, -0.25) is 0 Å². The van der Waals surface area contributed by atoms with Crippen molar-refractivity contribution in [1.29, 1.82) is 0 Å². The van der Waals surface area contributed by atoms with E-state index in [-0.39, 0.29) is 0 Å². The Bertz CT molecular complexity index is 198. The van der Waals surface area contributed by atoms with Gasteiger partial charge in [0.25, 0.3) is 0 Å². The molecular formula is C19H41N. The van der Waals surface area contributed by atoms with Crippen LogP contribution in [0.15, 0.2) is 12.3 Å². The molecule has 1 heteroatoms. The molecule has 0 aliphatic heterocycles. The highest BCUT2D eigenvalue weighted by Crippen LogP contribution is 2.31. The molecule has 122 valence electrons. The van der Waals surface area contributed by atoms with Crippen LogP contribution >= 0.6 is 0 Å². The molecule has 1 saturated carbocycles. The van der Waals surface area contributed by atoms with E-state index in [1.54, 1.807) is 0 Å². The van der Waals surface area contributed by atoms with E-state index in [0.29, 0.717) is 6.04 Å². The third-order valence-electron chi connectivity index (χ3n) is 4.12. The number of hydrogen-bond donors (Lipinski definition) is 1. The molecule has 1 aliphatic carbocycles. The maximum Gasteiger partial charge on any atom is 0.0258 e. The highest BCUT2D eigenvalue weighted by atomic mass is 14.9. The van der Waals surface area contributed by atoms with E-state index >= 15 is 0 Å². The average molecular weight is 284 g/mol. The predicted molar refractivity (Wildman–Crippen MR) is 95.1 cm³/mol. The van der Waals surface area contributed by atoms with Crippen LogP contribution in [0.1, 0.15) is 93.4 Å². The Morgan fingerprint density at radius 2 is 1.45 bits per heavy atom. The van der Waals surface area contributed by atoms with Crippen molar-refractivity contribution in [3.8, 4) is 0 Å². The zero-order valence-electron chi connectivity index (χ0n) is 15.4. The first kappa shape index (κ1) is 21.8. The Morgan fingerprint density at radius 1 is 1.00 bits per heavy atom. The first-order chi connectivity index (χ1) is 9.65. The Kier molecular flexibility index (Phi) is 16.3. The fourth-order valence-corrected chi connectivity index (χ4v) is 2.98. The standard InChI is InChI=1S/C15H29N.2C2H6/c1-5-13(6-2)11-14-7-9-15(10-8-14)16-12(3)4;2*1-2/h13-16H,3,5-11H2,1-2,4H3;2*1-2H3. The minimum Gasteiger partial charge on any atom is -0.386 e. The molecule has 0 bridgehead atoms. The normalized spacial score (nSPS) is 21.2. The molecule has 20 heavy (non-hydrogen) atoms. The average Bonchev–Trinajstić information content (AvgIpc) is 2.50. The Labute approximate surface area is 129 Å². The van der Waals surface area contributed by atoms with Gasteiger partial charge in [0, 0.05) is 11.7 Å². The predicted octanol–water partition coefficient (Wildman–Crippen LogP) is 6.55. The van der Waals surface area contributed by atoms with E-state index in [1.807, 2.05) is 27.7 Å². The molecule has 1 nitrogen and oxygen atoms in total. The minimum absolute atomic E-state index is 0.704. The lowest BCUT2D eigenvalue weighted by Crippen LogP contribution is -2.32. The molecule has 0 saturated heterocycles. The van der Waals surface area contributed by atoms with Gasteiger partial charge in [0.15, 0.2) is 0 Å². The third kappa shape index (κ3) is 10.3. The van der Waals surface area contributed by atoms with Crippen molar-refractivity contribution < 1.29 is 0 Å². The van der Waals surface area contributed by atoms with Crippen LogP contribution in [0, 0.1) is 11.8 Å². The molecule has 0 spiro atoms. The van der Waals surface area contributed by atoms with Gasteiger partial charge in [0.2, 0.25) is 0 Å². The first-order valence-electron chi connectivity index (χ1n) is 9.07. The Hall–Kier alpha value is -0.460. The summed E-state index contributed by atoms with van der Waals surface area (Å²) >= 11 is 0. The molecular weight excluding hydrogens is 242 g/mol. The summed E-state index contributed by atoms with van der Waals surface area (Å²) in [6.45, 7) is 18.7. The highest BCUT2D eigenvalue weighted by molar-refractivity contribution is 4.90. The van der Waals surface area contributed by atoms with Crippen LogP contribution in [0.3, 0.4) is 0 Å². The van der Waals surface area contributed by atoms with Gasteiger partial charge in [-0.25, -0.2) is 0 Å². The van der Waals surface area contributed by atoms with E-state index in [2.05, 4.69) is 32.7 Å². The van der Waals surface area contributed by atoms with Gasteiger partial charge in [0.05, 0.1) is 0 Å². The molecule has 1 fully saturated rings. The van der Waals surface area contributed by atoms with E-state index in [9.17, 15) is 0 Å². The lowest BCUT2D eigenvalue weighted by molar-refractivity contribution is 0.250. The van der Waals surface area contributed by atoms with Crippen molar-refractivity contribution in [1.82, 2.24) is 5.32 Å². The summed E-state index contributed by atoms with van der Waals surface area (Å²) in [4.78, 5) is 0. The van der Waals surface area contributed by atoms with Crippen LogP contribution in [-0.4, -0.2) is 6.04 Å². The second-order valence-electron chi connectivity index (χ2n) is 5.56. The van der Waals surface area contributed by atoms with Gasteiger partial charge in [0.1, 0.15) is 0 Å². The summed E-state index contributed by atoms with van der Waals surface area (Å²) in [6.07, 6.45) is 9.71. The highest BCUT2D eigenvalue weighted by Gasteiger charge is 2.22. The molecule has 0 unspecified atom stereocenters. The second kappa shape index (κ2) is 14.9. The number of nitrogens with one attached hydrogen (secondary N) is 1. The summed E-state index contributed by atoms with van der Waals surface area (Å²) in [6, 6.07) is 0.704. The maximum absolute atomic E-state index is 3.93. The second-order valence-corrected chi connectivity index (χ2v) is 5.56. The molecule has 0 amide bonds. The summed E-state index contributed by atoms with van der Waals surface area (Å²) in [5.74, 6) is 1.96. The monoisotopic (exact) mass is 283 g/mol. The van der Waals surface area contributed by atoms with Crippen molar-refractivity contribution in [2.75, 3.05) is 0 Å². The zero-order chi connectivity index (χ0) is 16.0. The van der Waals surface area contributed by atoms with Gasteiger partial charge in [-0.1, -0.05) is 61.0 Å². The van der Waals surface area contributed by atoms with Crippen molar-refractivity contribution in [3.05, 3.63) is 12.3 Å². The van der Waals surface area contributed by atoms with E-state index in [4.69, 9.17) is 0 Å². The molecule has 0 aromatic heterocycles. The van der Waals surface area contributed by atoms with Gasteiger partial charge in [-0.2, -0.15) is 0 Å². The summed E-state index contributed by atoms with van der Waals surface area (Å²) in [7, 11) is 0. The topological polar surface area (TPSA) is 12.0 Å². The Balaban J connectivity index is 0. The summed E-state index contributed by atoms with van der Waals surface area (Å²) < 4.78 is 0. The van der Waals surface area contributed by atoms with Gasteiger partial charge in [-0.05, 0) is 50.9 Å². The molecule has 0 atom stereocenters. The quantitative estimate of drug-likeness (QED) is 0.583. The maximum atomic E-state index is 3.93. The van der Waals surface area contributed by atoms with Crippen LogP contribution in [-0.2, 0) is 0 Å². The van der Waals surface area contributed by atoms with Gasteiger partial charge < -0.3 is 5.32 Å². The third-order valence-corrected chi connectivity index (χ3v) is 4.12. The summed E-state index contributed by atoms with van der Waals surface area (Å²) in [5.41, 5.74) is 1.13. The van der Waals surface area contributed by atoms with Crippen molar-refractivity contribution in [2.45, 2.75) is 99.5 Å². The largest absolute Gasteiger partial charge is 0.386 e. The van der Waals surface area contributed by atoms with Crippen LogP contribution in [0.5, 0.6) is 0 Å². The van der Waals surface area contributed by atoms with Crippen LogP contribution in [0.4, 0.5) is 0 Å². The molecule has 0 radical (unpaired) electrons. The minimum atomic E-state index is 0.704. The number of allylic oxidation sites excluding steroid dienone is 1. The number of hydrogen-bond acceptors (Lipinski definition) is 1. The molecule has 0 aromatic carbocycles. The summed E-state index contributed by atoms with van der Waals surface area (Å²) in [5, 5.41) is 3.49. The van der Waals surface area contributed by atoms with Crippen molar-refractivity contribution in [2.24, 2.45) is 11.8 Å². The molecule has 1 rings (SSSR count). The van der Waals surface area contributed by atoms with Crippen LogP contribution in [0.2, 0.25) is 0 Å². The van der Waals surface area contributed by atoms with Crippen molar-refractivity contribution in [3.63, 3.8) is 0 Å². The number of rotatable bonds is 6. The van der Waals surface area contributed by atoms with Crippen molar-refractivity contribution >= 4 is 0 Å². The van der Waals surface area contributed by atoms with E-state index < -0.39 is 0 Å². The van der Waals surface area contributed by atoms with E-state index in [1.165, 1.54) is 44.9 Å².